The largest absolute Gasteiger partial charge is 0.508 e. The number of aliphatic hydroxyl groups is 4. The zero-order valence-corrected chi connectivity index (χ0v) is 18.1. The Bertz CT molecular complexity index is 1190. The number of aromatic hydroxyl groups is 1. The summed E-state index contributed by atoms with van der Waals surface area (Å²) in [5.41, 5.74) is 6.86. The van der Waals surface area contributed by atoms with Gasteiger partial charge in [0.1, 0.15) is 22.8 Å². The number of aliphatic hydroxyl groups excluding tert-OH is 3. The molecule has 0 aliphatic heterocycles. The van der Waals surface area contributed by atoms with Crippen molar-refractivity contribution in [3.63, 3.8) is 0 Å². The zero-order valence-electron chi connectivity index (χ0n) is 18.1. The second kappa shape index (κ2) is 7.04. The lowest BCUT2D eigenvalue weighted by molar-refractivity contribution is -0.169. The van der Waals surface area contributed by atoms with Crippen LogP contribution >= 0.6 is 0 Å². The Labute approximate surface area is 188 Å². The van der Waals surface area contributed by atoms with Crippen LogP contribution in [0.15, 0.2) is 29.0 Å². The van der Waals surface area contributed by atoms with Gasteiger partial charge < -0.3 is 37.0 Å². The van der Waals surface area contributed by atoms with Crippen LogP contribution in [0.2, 0.25) is 0 Å². The van der Waals surface area contributed by atoms with Crippen LogP contribution in [0, 0.1) is 11.8 Å². The van der Waals surface area contributed by atoms with Crippen molar-refractivity contribution in [2.75, 3.05) is 19.8 Å². The Morgan fingerprint density at radius 3 is 2.30 bits per heavy atom. The summed E-state index contributed by atoms with van der Waals surface area (Å²) in [6.07, 6.45) is -1.62. The van der Waals surface area contributed by atoms with Gasteiger partial charge in [-0.15, -0.1) is 0 Å². The number of primary amides is 1. The van der Waals surface area contributed by atoms with Crippen molar-refractivity contribution in [2.45, 2.75) is 30.6 Å². The number of rotatable bonds is 2. The van der Waals surface area contributed by atoms with Gasteiger partial charge in [0.2, 0.25) is 5.78 Å². The molecule has 3 aliphatic rings. The third-order valence-corrected chi connectivity index (χ3v) is 7.16. The number of amides is 1. The highest BCUT2D eigenvalue weighted by Gasteiger charge is 2.68. The molecule has 0 unspecified atom stereocenters. The minimum atomic E-state index is -2.93. The number of phenolic OH excluding ortho intramolecular Hbond substituents is 1. The number of benzene rings is 1. The molecule has 3 aliphatic carbocycles. The molecule has 4 rings (SSSR count). The molecule has 1 aromatic rings. The van der Waals surface area contributed by atoms with Gasteiger partial charge in [0, 0.05) is 11.5 Å². The summed E-state index contributed by atoms with van der Waals surface area (Å²) in [5, 5.41) is 55.2. The predicted octanol–water partition coefficient (Wildman–Crippen LogP) is -0.922. The molecule has 0 spiro atoms. The van der Waals surface area contributed by atoms with Crippen molar-refractivity contribution < 1.29 is 39.9 Å². The highest BCUT2D eigenvalue weighted by atomic mass is 16.4. The van der Waals surface area contributed by atoms with E-state index in [1.807, 2.05) is 0 Å². The molecule has 11 nitrogen and oxygen atoms in total. The number of phenols is 1. The maximum atomic E-state index is 13.7. The molecule has 11 heteroatoms. The van der Waals surface area contributed by atoms with Crippen LogP contribution in [0.4, 0.5) is 5.69 Å². The molecule has 33 heavy (non-hydrogen) atoms. The third-order valence-electron chi connectivity index (χ3n) is 7.16. The minimum Gasteiger partial charge on any atom is -0.508 e. The maximum Gasteiger partial charge on any atom is 0.255 e. The van der Waals surface area contributed by atoms with Crippen LogP contribution < -0.4 is 11.5 Å². The number of ketones is 2. The summed E-state index contributed by atoms with van der Waals surface area (Å²) in [5.74, 6) is -9.34. The predicted molar refractivity (Wildman–Crippen MR) is 115 cm³/mol. The van der Waals surface area contributed by atoms with Crippen LogP contribution in [0.25, 0.3) is 5.76 Å². The van der Waals surface area contributed by atoms with Crippen molar-refractivity contribution in [3.05, 3.63) is 40.2 Å². The molecule has 1 amide bonds. The van der Waals surface area contributed by atoms with Crippen LogP contribution in [-0.4, -0.2) is 79.7 Å². The summed E-state index contributed by atoms with van der Waals surface area (Å²) in [7, 11) is 2.90. The number of nitrogens with zero attached hydrogens (tertiary/aromatic N) is 1. The highest BCUT2D eigenvalue weighted by Crippen LogP contribution is 2.56. The molecule has 0 saturated heterocycles. The molecule has 9 N–H and O–H groups in total. The topological polar surface area (TPSA) is 208 Å². The van der Waals surface area contributed by atoms with Crippen molar-refractivity contribution in [1.29, 1.82) is 0 Å². The number of nitrogens with two attached hydrogens (primary N) is 2. The van der Waals surface area contributed by atoms with Crippen molar-refractivity contribution in [1.82, 2.24) is 4.90 Å². The monoisotopic (exact) mass is 459 g/mol. The van der Waals surface area contributed by atoms with E-state index in [9.17, 15) is 39.9 Å². The number of carbonyl (C=O) groups is 3. The molecule has 1 saturated carbocycles. The number of nitrogen functional groups attached to an aromatic ring is 1. The molecule has 6 atom stereocenters. The Balaban J connectivity index is 2.07. The summed E-state index contributed by atoms with van der Waals surface area (Å²) < 4.78 is 0. The van der Waals surface area contributed by atoms with Gasteiger partial charge in [0.25, 0.3) is 5.91 Å². The molecule has 176 valence electrons. The molecular weight excluding hydrogens is 434 g/mol. The lowest BCUT2D eigenvalue weighted by Crippen LogP contribution is -2.70. The first-order valence-corrected chi connectivity index (χ1v) is 10.2. The first-order chi connectivity index (χ1) is 15.3. The second-order valence-corrected chi connectivity index (χ2v) is 9.02. The fourth-order valence-electron chi connectivity index (χ4n) is 5.63. The number of Topliss-reactive ketones (excluding diaryl/α,β-unsaturated/α-hetero) is 2. The van der Waals surface area contributed by atoms with Gasteiger partial charge in [-0.2, -0.15) is 0 Å². The first kappa shape index (κ1) is 22.8. The molecule has 0 heterocycles. The quantitative estimate of drug-likeness (QED) is 0.164. The lowest BCUT2D eigenvalue weighted by atomic mass is 9.54. The molecule has 1 aromatic carbocycles. The normalized spacial score (nSPS) is 33.7. The molecule has 0 aromatic heterocycles. The van der Waals surface area contributed by atoms with Crippen molar-refractivity contribution >= 4 is 28.9 Å². The Morgan fingerprint density at radius 2 is 1.76 bits per heavy atom. The van der Waals surface area contributed by atoms with Gasteiger partial charge in [-0.05, 0) is 31.6 Å². The fraction of sp³-hybridized carbons (Fsp3) is 0.409. The number of hydrogen-bond donors (Lipinski definition) is 7. The summed E-state index contributed by atoms with van der Waals surface area (Å²) in [4.78, 5) is 40.0. The second-order valence-electron chi connectivity index (χ2n) is 9.02. The van der Waals surface area contributed by atoms with Gasteiger partial charge in [0.05, 0.1) is 29.3 Å². The van der Waals surface area contributed by atoms with E-state index in [0.29, 0.717) is 5.56 Å². The van der Waals surface area contributed by atoms with Gasteiger partial charge in [0.15, 0.2) is 11.4 Å². The molecule has 0 radical (unpaired) electrons. The van der Waals surface area contributed by atoms with E-state index in [-0.39, 0.29) is 11.3 Å². The van der Waals surface area contributed by atoms with Crippen LogP contribution in [0.5, 0.6) is 5.75 Å². The summed E-state index contributed by atoms with van der Waals surface area (Å²) in [6.45, 7) is 1.65. The van der Waals surface area contributed by atoms with Crippen LogP contribution in [0.1, 0.15) is 24.0 Å². The summed E-state index contributed by atoms with van der Waals surface area (Å²) >= 11 is 0. The molecule has 1 fully saturated rings. The summed E-state index contributed by atoms with van der Waals surface area (Å²) in [6, 6.07) is 1.57. The number of anilines is 1. The lowest BCUT2D eigenvalue weighted by Gasteiger charge is -2.53. The Kier molecular flexibility index (Phi) is 4.86. The average Bonchev–Trinajstić information content (AvgIpc) is 2.72. The van der Waals surface area contributed by atoms with E-state index < -0.39 is 81.4 Å². The van der Waals surface area contributed by atoms with Gasteiger partial charge in [-0.1, -0.05) is 13.0 Å². The number of likely N-dealkylation sites (N-methyl/N-ethyl adjacent to an activating group) is 1. The maximum absolute atomic E-state index is 13.7. The number of hydrogen-bond acceptors (Lipinski definition) is 10. The zero-order chi connectivity index (χ0) is 24.7. The van der Waals surface area contributed by atoms with Gasteiger partial charge >= 0.3 is 0 Å². The molecular formula is C22H25N3O8. The van der Waals surface area contributed by atoms with Crippen LogP contribution in [-0.2, 0) is 14.4 Å². The Morgan fingerprint density at radius 1 is 1.15 bits per heavy atom. The SMILES string of the molecule is C[C@H]1c2ccc(N)c(O)c2C(O)=C2C(=O)[C@]3(O)C(O)=C(C(N)=O)C(=O)[C@H](N(C)C)[C@@H]3[C@H](O)[C@@H]21. The van der Waals surface area contributed by atoms with E-state index in [0.717, 1.165) is 0 Å². The number of fused-ring (bicyclic) bond motifs is 3. The smallest absolute Gasteiger partial charge is 0.255 e. The van der Waals surface area contributed by atoms with Crippen molar-refractivity contribution in [3.8, 4) is 5.75 Å². The van der Waals surface area contributed by atoms with E-state index in [1.54, 1.807) is 6.92 Å². The van der Waals surface area contributed by atoms with Gasteiger partial charge in [-0.25, -0.2) is 0 Å². The minimum absolute atomic E-state index is 0.0679. The van der Waals surface area contributed by atoms with E-state index >= 15 is 0 Å². The van der Waals surface area contributed by atoms with E-state index in [1.165, 1.54) is 31.1 Å². The highest BCUT2D eigenvalue weighted by molar-refractivity contribution is 6.24. The fourth-order valence-corrected chi connectivity index (χ4v) is 5.63. The van der Waals surface area contributed by atoms with E-state index in [2.05, 4.69) is 0 Å². The average molecular weight is 459 g/mol. The van der Waals surface area contributed by atoms with Crippen molar-refractivity contribution in [2.24, 2.45) is 17.6 Å². The Hall–Kier alpha value is -3.41. The van der Waals surface area contributed by atoms with Gasteiger partial charge in [-0.3, -0.25) is 19.3 Å². The standard InChI is InChI=1S/C22H25N3O8/c1-6-7-4-5-8(23)15(26)10(7)16(27)11-9(6)17(28)13-14(25(2)3)18(29)12(21(24)32)20(31)22(13,33)19(11)30/h4-6,9,13-14,17,26-28,31,33H,23H2,1-3H3,(H2,24,32)/t6-,9+,13+,14+,17+,22-/m0/s1. The third kappa shape index (κ3) is 2.63. The van der Waals surface area contributed by atoms with E-state index in [4.69, 9.17) is 11.5 Å². The van der Waals surface area contributed by atoms with Crippen LogP contribution in [0.3, 0.4) is 0 Å². The first-order valence-electron chi connectivity index (χ1n) is 10.2. The number of carbonyl (C=O) groups excluding carboxylic acids is 3. The molecule has 0 bridgehead atoms.